The third kappa shape index (κ3) is 5.71. The van der Waals surface area contributed by atoms with Crippen molar-refractivity contribution in [3.05, 3.63) is 42.0 Å². The quantitative estimate of drug-likeness (QED) is 0.695. The molecule has 0 fully saturated rings. The zero-order valence-corrected chi connectivity index (χ0v) is 16.2. The Morgan fingerprint density at radius 3 is 2.62 bits per heavy atom. The Labute approximate surface area is 167 Å². The van der Waals surface area contributed by atoms with Gasteiger partial charge in [0.05, 0.1) is 14.2 Å². The third-order valence-electron chi connectivity index (χ3n) is 4.24. The molecule has 156 valence electrons. The van der Waals surface area contributed by atoms with Crippen LogP contribution in [0.1, 0.15) is 5.56 Å². The van der Waals surface area contributed by atoms with Gasteiger partial charge in [-0.15, -0.1) is 0 Å². The van der Waals surface area contributed by atoms with Crippen molar-refractivity contribution in [3.63, 3.8) is 0 Å². The fraction of sp³-hybridized carbons (Fsp3) is 0.350. The van der Waals surface area contributed by atoms with Gasteiger partial charge in [-0.2, -0.15) is 8.78 Å². The highest BCUT2D eigenvalue weighted by Crippen LogP contribution is 2.32. The molecular formula is C20H23F2N2O5+. The van der Waals surface area contributed by atoms with Crippen LogP contribution in [0.5, 0.6) is 23.0 Å². The summed E-state index contributed by atoms with van der Waals surface area (Å²) in [5.41, 5.74) is 1.45. The molecule has 2 N–H and O–H groups in total. The van der Waals surface area contributed by atoms with E-state index >= 15 is 0 Å². The van der Waals surface area contributed by atoms with Crippen LogP contribution in [0.25, 0.3) is 0 Å². The maximum atomic E-state index is 12.4. The number of nitrogens with one attached hydrogen (secondary N) is 2. The smallest absolute Gasteiger partial charge is 0.387 e. The van der Waals surface area contributed by atoms with Crippen molar-refractivity contribution in [2.24, 2.45) is 0 Å². The second-order valence-electron chi connectivity index (χ2n) is 6.58. The summed E-state index contributed by atoms with van der Waals surface area (Å²) >= 11 is 0. The van der Waals surface area contributed by atoms with Gasteiger partial charge in [0.25, 0.3) is 5.91 Å². The maximum absolute atomic E-state index is 12.4. The molecule has 3 rings (SSSR count). The number of hydrogen-bond donors (Lipinski definition) is 2. The monoisotopic (exact) mass is 409 g/mol. The van der Waals surface area contributed by atoms with Crippen LogP contribution in [-0.4, -0.2) is 46.4 Å². The molecule has 1 heterocycles. The summed E-state index contributed by atoms with van der Waals surface area (Å²) in [5, 5.41) is 2.84. The van der Waals surface area contributed by atoms with Gasteiger partial charge in [-0.3, -0.25) is 4.79 Å². The first-order valence-electron chi connectivity index (χ1n) is 9.07. The Morgan fingerprint density at radius 2 is 1.90 bits per heavy atom. The van der Waals surface area contributed by atoms with Crippen molar-refractivity contribution in [3.8, 4) is 23.0 Å². The van der Waals surface area contributed by atoms with Gasteiger partial charge in [0.1, 0.15) is 19.8 Å². The van der Waals surface area contributed by atoms with E-state index in [1.165, 1.54) is 13.2 Å². The number of fused-ring (bicyclic) bond motifs is 1. The van der Waals surface area contributed by atoms with Gasteiger partial charge < -0.3 is 29.2 Å². The first-order chi connectivity index (χ1) is 13.9. The lowest BCUT2D eigenvalue weighted by atomic mass is 10.2. The highest BCUT2D eigenvalue weighted by Gasteiger charge is 2.16. The van der Waals surface area contributed by atoms with Crippen molar-refractivity contribution in [2.75, 3.05) is 39.2 Å². The summed E-state index contributed by atoms with van der Waals surface area (Å²) in [7, 11) is 3.24. The van der Waals surface area contributed by atoms with E-state index in [0.717, 1.165) is 10.5 Å². The summed E-state index contributed by atoms with van der Waals surface area (Å²) in [4.78, 5) is 13.3. The number of carbonyl (C=O) groups excluding carboxylic acids is 1. The van der Waals surface area contributed by atoms with Gasteiger partial charge in [-0.05, 0) is 30.3 Å². The number of amides is 1. The number of hydrogen-bond acceptors (Lipinski definition) is 5. The molecule has 0 saturated heterocycles. The number of ether oxygens (including phenoxy) is 4. The Hall–Kier alpha value is -3.07. The number of carbonyl (C=O) groups is 1. The number of rotatable bonds is 8. The third-order valence-corrected chi connectivity index (χ3v) is 4.24. The fourth-order valence-corrected chi connectivity index (χ4v) is 3.03. The Bertz CT molecular complexity index is 863. The molecule has 1 aliphatic heterocycles. The van der Waals surface area contributed by atoms with Crippen LogP contribution >= 0.6 is 0 Å². The summed E-state index contributed by atoms with van der Waals surface area (Å²) < 4.78 is 45.3. The summed E-state index contributed by atoms with van der Waals surface area (Å²) in [6, 6.07) is 9.98. The van der Waals surface area contributed by atoms with Crippen LogP contribution in [0.3, 0.4) is 0 Å². The molecule has 0 spiro atoms. The van der Waals surface area contributed by atoms with Gasteiger partial charge in [-0.25, -0.2) is 0 Å². The lowest BCUT2D eigenvalue weighted by Gasteiger charge is -2.19. The van der Waals surface area contributed by atoms with Crippen molar-refractivity contribution >= 4 is 11.6 Å². The van der Waals surface area contributed by atoms with Crippen molar-refractivity contribution in [1.82, 2.24) is 0 Å². The van der Waals surface area contributed by atoms with E-state index in [0.29, 0.717) is 36.9 Å². The first kappa shape index (κ1) is 20.7. The van der Waals surface area contributed by atoms with Gasteiger partial charge >= 0.3 is 6.61 Å². The number of halogens is 2. The number of likely N-dealkylation sites (N-methyl/N-ethyl adjacent to an activating group) is 1. The minimum absolute atomic E-state index is 0.0275. The predicted molar refractivity (Wildman–Crippen MR) is 101 cm³/mol. The second kappa shape index (κ2) is 9.42. The highest BCUT2D eigenvalue weighted by molar-refractivity contribution is 5.91. The zero-order chi connectivity index (χ0) is 20.8. The van der Waals surface area contributed by atoms with Gasteiger partial charge in [0, 0.05) is 17.3 Å². The van der Waals surface area contributed by atoms with E-state index in [1.807, 2.05) is 7.05 Å². The van der Waals surface area contributed by atoms with Gasteiger partial charge in [0.15, 0.2) is 29.5 Å². The van der Waals surface area contributed by atoms with Crippen LogP contribution < -0.4 is 29.2 Å². The number of anilines is 1. The molecule has 0 saturated carbocycles. The van der Waals surface area contributed by atoms with Gasteiger partial charge in [0.2, 0.25) is 0 Å². The molecule has 0 bridgehead atoms. The lowest BCUT2D eigenvalue weighted by Crippen LogP contribution is -3.08. The Kier molecular flexibility index (Phi) is 6.71. The molecule has 2 aromatic carbocycles. The average molecular weight is 409 g/mol. The van der Waals surface area contributed by atoms with E-state index in [4.69, 9.17) is 14.2 Å². The topological polar surface area (TPSA) is 70.5 Å². The number of methoxy groups -OCH3 is 1. The van der Waals surface area contributed by atoms with Gasteiger partial charge in [-0.1, -0.05) is 0 Å². The summed E-state index contributed by atoms with van der Waals surface area (Å²) in [6.07, 6.45) is 0. The SMILES string of the molecule is COc1cc(C[NH+](C)CC(=O)Nc2ccc3c(c2)OCCO3)ccc1OC(F)F. The molecule has 1 amide bonds. The molecular weight excluding hydrogens is 386 g/mol. The molecule has 2 aromatic rings. The molecule has 1 unspecified atom stereocenters. The maximum Gasteiger partial charge on any atom is 0.387 e. The second-order valence-corrected chi connectivity index (χ2v) is 6.58. The van der Waals surface area contributed by atoms with Crippen molar-refractivity contribution in [2.45, 2.75) is 13.2 Å². The van der Waals surface area contributed by atoms with E-state index in [-0.39, 0.29) is 24.0 Å². The van der Waals surface area contributed by atoms with Crippen LogP contribution in [0, 0.1) is 0 Å². The van der Waals surface area contributed by atoms with E-state index in [9.17, 15) is 13.6 Å². The van der Waals surface area contributed by atoms with Crippen LogP contribution in [0.4, 0.5) is 14.5 Å². The molecule has 9 heteroatoms. The summed E-state index contributed by atoms with van der Waals surface area (Å²) in [5.74, 6) is 1.29. The Balaban J connectivity index is 1.56. The van der Waals surface area contributed by atoms with Crippen LogP contribution in [0.15, 0.2) is 36.4 Å². The molecule has 7 nitrogen and oxygen atoms in total. The molecule has 0 aliphatic carbocycles. The normalized spacial score (nSPS) is 13.7. The zero-order valence-electron chi connectivity index (χ0n) is 16.2. The van der Waals surface area contributed by atoms with Crippen molar-refractivity contribution < 1.29 is 37.4 Å². The largest absolute Gasteiger partial charge is 0.493 e. The lowest BCUT2D eigenvalue weighted by molar-refractivity contribution is -0.885. The number of quaternary nitrogens is 1. The highest BCUT2D eigenvalue weighted by atomic mass is 19.3. The predicted octanol–water partition coefficient (Wildman–Crippen LogP) is 1.72. The van der Waals surface area contributed by atoms with E-state index in [1.54, 1.807) is 30.3 Å². The van der Waals surface area contributed by atoms with E-state index < -0.39 is 6.61 Å². The average Bonchev–Trinajstić information content (AvgIpc) is 2.68. The molecule has 0 radical (unpaired) electrons. The Morgan fingerprint density at radius 1 is 1.14 bits per heavy atom. The number of alkyl halides is 2. The molecule has 0 aromatic heterocycles. The van der Waals surface area contributed by atoms with Crippen molar-refractivity contribution in [1.29, 1.82) is 0 Å². The fourth-order valence-electron chi connectivity index (χ4n) is 3.03. The minimum atomic E-state index is -2.92. The number of benzene rings is 2. The first-order valence-corrected chi connectivity index (χ1v) is 9.07. The van der Waals surface area contributed by atoms with E-state index in [2.05, 4.69) is 10.1 Å². The summed E-state index contributed by atoms with van der Waals surface area (Å²) in [6.45, 7) is -1.23. The standard InChI is InChI=1S/C20H22F2N2O5/c1-24(11-13-3-5-16(29-20(21)22)17(9-13)26-2)12-19(25)23-14-4-6-15-18(10-14)28-8-7-27-15/h3-6,9-10,20H,7-8,11-12H2,1-2H3,(H,23,25)/p+1. The minimum Gasteiger partial charge on any atom is -0.493 e. The molecule has 29 heavy (non-hydrogen) atoms. The van der Waals surface area contributed by atoms with Crippen LogP contribution in [0.2, 0.25) is 0 Å². The molecule has 1 aliphatic rings. The molecule has 1 atom stereocenters. The van der Waals surface area contributed by atoms with Crippen LogP contribution in [-0.2, 0) is 11.3 Å².